The molecule has 5 nitrogen and oxygen atoms in total. The number of carbonyl (C=O) groups is 1. The van der Waals surface area contributed by atoms with Gasteiger partial charge in [-0.25, -0.2) is 18.2 Å². The smallest absolute Gasteiger partial charge is 0.224 e. The first kappa shape index (κ1) is 16.5. The largest absolute Gasteiger partial charge is 0.335 e. The second kappa shape index (κ2) is 6.64. The zero-order valence-electron chi connectivity index (χ0n) is 12.9. The van der Waals surface area contributed by atoms with E-state index in [1.54, 1.807) is 17.4 Å². The molecule has 0 spiro atoms. The molecule has 128 valence electrons. The van der Waals surface area contributed by atoms with Gasteiger partial charge in [-0.1, -0.05) is 0 Å². The summed E-state index contributed by atoms with van der Waals surface area (Å²) in [6.45, 7) is 1.66. The Labute approximate surface area is 136 Å². The van der Waals surface area contributed by atoms with Crippen molar-refractivity contribution in [3.63, 3.8) is 0 Å². The van der Waals surface area contributed by atoms with Crippen LogP contribution in [-0.2, 0) is 24.3 Å². The third-order valence-electron chi connectivity index (χ3n) is 4.12. The normalized spacial score (nSPS) is 15.2. The van der Waals surface area contributed by atoms with Gasteiger partial charge in [-0.05, 0) is 18.1 Å². The van der Waals surface area contributed by atoms with Crippen LogP contribution in [0.3, 0.4) is 0 Å². The predicted octanol–water partition coefficient (Wildman–Crippen LogP) is 1.60. The van der Waals surface area contributed by atoms with Crippen molar-refractivity contribution in [2.75, 3.05) is 6.54 Å². The third-order valence-corrected chi connectivity index (χ3v) is 4.12. The van der Waals surface area contributed by atoms with E-state index >= 15 is 0 Å². The highest BCUT2D eigenvalue weighted by atomic mass is 19.2. The fourth-order valence-corrected chi connectivity index (χ4v) is 2.83. The minimum atomic E-state index is -1.24. The molecule has 0 bridgehead atoms. The van der Waals surface area contributed by atoms with Crippen LogP contribution in [0.15, 0.2) is 24.7 Å². The summed E-state index contributed by atoms with van der Waals surface area (Å²) in [6, 6.07) is 0.600. The monoisotopic (exact) mass is 338 g/mol. The fraction of sp³-hybridized carbons (Fsp3) is 0.375. The molecule has 0 unspecified atom stereocenters. The van der Waals surface area contributed by atoms with Gasteiger partial charge in [0.05, 0.1) is 18.6 Å². The maximum atomic E-state index is 13.6. The highest BCUT2D eigenvalue weighted by molar-refractivity contribution is 5.77. The zero-order valence-corrected chi connectivity index (χ0v) is 12.9. The van der Waals surface area contributed by atoms with Crippen molar-refractivity contribution < 1.29 is 18.0 Å². The number of benzene rings is 1. The quantitative estimate of drug-likeness (QED) is 0.862. The number of imidazole rings is 1. The molecule has 2 heterocycles. The second-order valence-corrected chi connectivity index (χ2v) is 5.92. The molecule has 1 atom stereocenters. The van der Waals surface area contributed by atoms with Gasteiger partial charge in [0, 0.05) is 37.8 Å². The Hall–Kier alpha value is -2.35. The lowest BCUT2D eigenvalue weighted by atomic mass is 10.0. The molecular weight excluding hydrogens is 321 g/mol. The van der Waals surface area contributed by atoms with Gasteiger partial charge >= 0.3 is 0 Å². The second-order valence-electron chi connectivity index (χ2n) is 5.92. The van der Waals surface area contributed by atoms with Crippen LogP contribution in [-0.4, -0.2) is 32.9 Å². The standard InChI is InChI=1S/C16H17F3N4O/c17-13-6-15(19)14(18)4-10(13)3-11(20)5-16(24)22-1-2-23-9-21-7-12(23)8-22/h4,6-7,9,11H,1-3,5,8,20H2/t11-/m1/s1. The van der Waals surface area contributed by atoms with Gasteiger partial charge in [0.1, 0.15) is 5.82 Å². The van der Waals surface area contributed by atoms with Gasteiger partial charge in [-0.3, -0.25) is 4.79 Å². The lowest BCUT2D eigenvalue weighted by molar-refractivity contribution is -0.133. The summed E-state index contributed by atoms with van der Waals surface area (Å²) in [5, 5.41) is 0. The van der Waals surface area contributed by atoms with Crippen LogP contribution >= 0.6 is 0 Å². The summed E-state index contributed by atoms with van der Waals surface area (Å²) in [6.07, 6.45) is 3.39. The van der Waals surface area contributed by atoms with Gasteiger partial charge in [0.25, 0.3) is 0 Å². The molecule has 2 N–H and O–H groups in total. The van der Waals surface area contributed by atoms with E-state index in [4.69, 9.17) is 5.73 Å². The predicted molar refractivity (Wildman–Crippen MR) is 80.3 cm³/mol. The van der Waals surface area contributed by atoms with E-state index in [0.717, 1.165) is 11.8 Å². The van der Waals surface area contributed by atoms with Crippen molar-refractivity contribution in [2.24, 2.45) is 5.73 Å². The number of fused-ring (bicyclic) bond motifs is 1. The molecule has 2 aromatic rings. The summed E-state index contributed by atoms with van der Waals surface area (Å²) < 4.78 is 41.8. The Balaban J connectivity index is 1.60. The van der Waals surface area contributed by atoms with Crippen LogP contribution in [0.2, 0.25) is 0 Å². The molecule has 24 heavy (non-hydrogen) atoms. The van der Waals surface area contributed by atoms with Crippen LogP contribution in [0, 0.1) is 17.5 Å². The van der Waals surface area contributed by atoms with Crippen molar-refractivity contribution >= 4 is 5.91 Å². The van der Waals surface area contributed by atoms with Crippen LogP contribution in [0.5, 0.6) is 0 Å². The first-order valence-electron chi connectivity index (χ1n) is 7.60. The third kappa shape index (κ3) is 3.43. The highest BCUT2D eigenvalue weighted by Gasteiger charge is 2.23. The van der Waals surface area contributed by atoms with Crippen molar-refractivity contribution in [3.05, 3.63) is 53.4 Å². The highest BCUT2D eigenvalue weighted by Crippen LogP contribution is 2.17. The first-order valence-corrected chi connectivity index (χ1v) is 7.60. The van der Waals surface area contributed by atoms with Crippen molar-refractivity contribution in [1.29, 1.82) is 0 Å². The average Bonchev–Trinajstić information content (AvgIpc) is 3.00. The Kier molecular flexibility index (Phi) is 4.57. The van der Waals surface area contributed by atoms with E-state index in [0.29, 0.717) is 25.7 Å². The van der Waals surface area contributed by atoms with Crippen LogP contribution < -0.4 is 5.73 Å². The molecule has 0 aliphatic carbocycles. The lowest BCUT2D eigenvalue weighted by Crippen LogP contribution is -2.41. The molecule has 0 radical (unpaired) electrons. The van der Waals surface area contributed by atoms with Crippen LogP contribution in [0.1, 0.15) is 17.7 Å². The number of rotatable bonds is 4. The van der Waals surface area contributed by atoms with Gasteiger partial charge in [0.15, 0.2) is 11.6 Å². The summed E-state index contributed by atoms with van der Waals surface area (Å²) in [4.78, 5) is 18.0. The van der Waals surface area contributed by atoms with E-state index in [1.807, 2.05) is 4.57 Å². The molecule has 1 aliphatic heterocycles. The number of hydrogen-bond donors (Lipinski definition) is 1. The molecule has 1 aromatic heterocycles. The molecule has 0 saturated carbocycles. The number of nitrogens with zero attached hydrogens (tertiary/aromatic N) is 3. The Morgan fingerprint density at radius 1 is 1.21 bits per heavy atom. The molecular formula is C16H17F3N4O. The summed E-state index contributed by atoms with van der Waals surface area (Å²) in [5.41, 5.74) is 6.80. The molecule has 8 heteroatoms. The Morgan fingerprint density at radius 2 is 1.96 bits per heavy atom. The summed E-state index contributed by atoms with van der Waals surface area (Å²) in [7, 11) is 0. The molecule has 1 aromatic carbocycles. The van der Waals surface area contributed by atoms with Crippen LogP contribution in [0.25, 0.3) is 0 Å². The topological polar surface area (TPSA) is 64.2 Å². The first-order chi connectivity index (χ1) is 11.4. The lowest BCUT2D eigenvalue weighted by Gasteiger charge is -2.29. The molecule has 1 amide bonds. The number of amides is 1. The number of aromatic nitrogens is 2. The van der Waals surface area contributed by atoms with E-state index in [9.17, 15) is 18.0 Å². The summed E-state index contributed by atoms with van der Waals surface area (Å²) in [5.74, 6) is -3.39. The summed E-state index contributed by atoms with van der Waals surface area (Å²) >= 11 is 0. The van der Waals surface area contributed by atoms with Crippen molar-refractivity contribution in [1.82, 2.24) is 14.5 Å². The number of hydrogen-bond acceptors (Lipinski definition) is 3. The number of nitrogens with two attached hydrogens (primary N) is 1. The van der Waals surface area contributed by atoms with Crippen molar-refractivity contribution in [3.8, 4) is 0 Å². The fourth-order valence-electron chi connectivity index (χ4n) is 2.83. The molecule has 3 rings (SSSR count). The minimum Gasteiger partial charge on any atom is -0.335 e. The van der Waals surface area contributed by atoms with E-state index in [1.165, 1.54) is 0 Å². The SMILES string of the molecule is N[C@@H](CC(=O)N1CCn2cncc2C1)Cc1cc(F)c(F)cc1F. The average molecular weight is 338 g/mol. The zero-order chi connectivity index (χ0) is 17.3. The minimum absolute atomic E-state index is 0.00652. The van der Waals surface area contributed by atoms with E-state index in [-0.39, 0.29) is 24.3 Å². The van der Waals surface area contributed by atoms with Gasteiger partial charge in [0.2, 0.25) is 5.91 Å². The number of halogens is 3. The maximum Gasteiger partial charge on any atom is 0.224 e. The van der Waals surface area contributed by atoms with Gasteiger partial charge < -0.3 is 15.2 Å². The molecule has 0 saturated heterocycles. The maximum absolute atomic E-state index is 13.6. The Bertz CT molecular complexity index is 762. The van der Waals surface area contributed by atoms with Gasteiger partial charge in [-0.2, -0.15) is 0 Å². The number of carbonyl (C=O) groups excluding carboxylic acids is 1. The van der Waals surface area contributed by atoms with E-state index < -0.39 is 23.5 Å². The van der Waals surface area contributed by atoms with Crippen LogP contribution in [0.4, 0.5) is 13.2 Å². The van der Waals surface area contributed by atoms with E-state index in [2.05, 4.69) is 4.98 Å². The Morgan fingerprint density at radius 3 is 2.75 bits per heavy atom. The molecule has 1 aliphatic rings. The van der Waals surface area contributed by atoms with Gasteiger partial charge in [-0.15, -0.1) is 0 Å². The van der Waals surface area contributed by atoms with Crippen molar-refractivity contribution in [2.45, 2.75) is 32.0 Å². The molecule has 0 fully saturated rings.